The van der Waals surface area contributed by atoms with E-state index in [1.807, 2.05) is 17.1 Å². The molecule has 1 aliphatic carbocycles. The summed E-state index contributed by atoms with van der Waals surface area (Å²) in [5, 5.41) is 12.1. The van der Waals surface area contributed by atoms with Gasteiger partial charge in [0.2, 0.25) is 5.91 Å². The minimum Gasteiger partial charge on any atom is -0.481 e. The molecule has 144 valence electrons. The van der Waals surface area contributed by atoms with Crippen molar-refractivity contribution < 1.29 is 19.5 Å². The summed E-state index contributed by atoms with van der Waals surface area (Å²) in [5.41, 5.74) is 1.17. The molecular weight excluding hydrogens is 344 g/mol. The van der Waals surface area contributed by atoms with Gasteiger partial charge in [0.05, 0.1) is 11.8 Å². The Morgan fingerprint density at radius 1 is 1.04 bits per heavy atom. The van der Waals surface area contributed by atoms with Crippen molar-refractivity contribution in [2.75, 3.05) is 11.9 Å². The number of carbonyl (C=O) groups is 3. The van der Waals surface area contributed by atoms with E-state index in [4.69, 9.17) is 0 Å². The molecule has 3 atom stereocenters. The number of benzene rings is 1. The van der Waals surface area contributed by atoms with E-state index in [2.05, 4.69) is 12.2 Å². The predicted octanol–water partition coefficient (Wildman–Crippen LogP) is 3.31. The maximum atomic E-state index is 12.7. The van der Waals surface area contributed by atoms with Gasteiger partial charge >= 0.3 is 5.97 Å². The summed E-state index contributed by atoms with van der Waals surface area (Å²) >= 11 is 0. The Morgan fingerprint density at radius 3 is 2.33 bits per heavy atom. The number of carbonyl (C=O) groups excluding carboxylic acids is 2. The van der Waals surface area contributed by atoms with Gasteiger partial charge in [-0.05, 0) is 63.3 Å². The van der Waals surface area contributed by atoms with E-state index in [-0.39, 0.29) is 17.9 Å². The van der Waals surface area contributed by atoms with Gasteiger partial charge in [-0.25, -0.2) is 0 Å². The first-order chi connectivity index (χ1) is 13.0. The second-order valence-electron chi connectivity index (χ2n) is 7.40. The lowest BCUT2D eigenvalue weighted by Gasteiger charge is -2.33. The molecule has 1 aromatic rings. The molecule has 1 fully saturated rings. The number of nitrogens with one attached hydrogen (secondary N) is 1. The van der Waals surface area contributed by atoms with E-state index in [1.165, 1.54) is 0 Å². The Bertz CT molecular complexity index is 741. The van der Waals surface area contributed by atoms with Crippen LogP contribution in [0.1, 0.15) is 49.4 Å². The van der Waals surface area contributed by atoms with Crippen molar-refractivity contribution in [2.45, 2.75) is 45.1 Å². The van der Waals surface area contributed by atoms with Crippen molar-refractivity contribution >= 4 is 23.5 Å². The summed E-state index contributed by atoms with van der Waals surface area (Å²) in [5.74, 6) is -2.51. The lowest BCUT2D eigenvalue weighted by molar-refractivity contribution is -0.146. The lowest BCUT2D eigenvalue weighted by Crippen LogP contribution is -2.42. The predicted molar refractivity (Wildman–Crippen MR) is 102 cm³/mol. The van der Waals surface area contributed by atoms with Crippen LogP contribution in [0.3, 0.4) is 0 Å². The Hall–Kier alpha value is -2.63. The fraction of sp³-hybridized carbons (Fsp3) is 0.476. The van der Waals surface area contributed by atoms with Crippen molar-refractivity contribution in [3.63, 3.8) is 0 Å². The smallest absolute Gasteiger partial charge is 0.307 e. The van der Waals surface area contributed by atoms with E-state index in [1.54, 1.807) is 24.3 Å². The van der Waals surface area contributed by atoms with Gasteiger partial charge in [-0.3, -0.25) is 14.4 Å². The van der Waals surface area contributed by atoms with Crippen LogP contribution in [-0.2, 0) is 9.59 Å². The molecule has 0 spiro atoms. The summed E-state index contributed by atoms with van der Waals surface area (Å²) in [6.45, 7) is 2.85. The third-order valence-corrected chi connectivity index (χ3v) is 5.55. The Labute approximate surface area is 159 Å². The second kappa shape index (κ2) is 8.37. The van der Waals surface area contributed by atoms with Crippen molar-refractivity contribution in [1.82, 2.24) is 4.90 Å². The molecule has 2 amide bonds. The summed E-state index contributed by atoms with van der Waals surface area (Å²) < 4.78 is 0. The molecule has 0 bridgehead atoms. The first-order valence-corrected chi connectivity index (χ1v) is 9.57. The molecule has 1 heterocycles. The topological polar surface area (TPSA) is 86.7 Å². The molecular formula is C21H26N2O4. The normalized spacial score (nSPS) is 25.1. The molecule has 6 heteroatoms. The van der Waals surface area contributed by atoms with Crippen LogP contribution in [0.2, 0.25) is 0 Å². The van der Waals surface area contributed by atoms with E-state index in [0.717, 1.165) is 25.8 Å². The van der Waals surface area contributed by atoms with Gasteiger partial charge in [-0.2, -0.15) is 0 Å². The Morgan fingerprint density at radius 2 is 1.70 bits per heavy atom. The first kappa shape index (κ1) is 19.1. The van der Waals surface area contributed by atoms with Crippen molar-refractivity contribution in [1.29, 1.82) is 0 Å². The quantitative estimate of drug-likeness (QED) is 0.796. The monoisotopic (exact) mass is 370 g/mol. The molecule has 2 aliphatic rings. The van der Waals surface area contributed by atoms with E-state index in [9.17, 15) is 19.5 Å². The second-order valence-corrected chi connectivity index (χ2v) is 7.40. The first-order valence-electron chi connectivity index (χ1n) is 9.57. The van der Waals surface area contributed by atoms with E-state index < -0.39 is 17.8 Å². The SMILES string of the molecule is C[C@@H]1CCCCN1C(=O)c1ccc(NC(=O)[C@H]2CC=CC[C@H]2C(=O)O)cc1. The average Bonchev–Trinajstić information content (AvgIpc) is 2.68. The van der Waals surface area contributed by atoms with Gasteiger partial charge in [-0.15, -0.1) is 0 Å². The minimum absolute atomic E-state index is 0.0171. The molecule has 0 unspecified atom stereocenters. The summed E-state index contributed by atoms with van der Waals surface area (Å²) in [6.07, 6.45) is 7.67. The number of likely N-dealkylation sites (tertiary alicyclic amines) is 1. The van der Waals surface area contributed by atoms with Crippen molar-refractivity contribution in [3.8, 4) is 0 Å². The highest BCUT2D eigenvalue weighted by atomic mass is 16.4. The number of rotatable bonds is 4. The molecule has 27 heavy (non-hydrogen) atoms. The highest BCUT2D eigenvalue weighted by molar-refractivity contribution is 5.97. The van der Waals surface area contributed by atoms with Crippen LogP contribution in [0, 0.1) is 11.8 Å². The van der Waals surface area contributed by atoms with Gasteiger partial charge in [0.25, 0.3) is 5.91 Å². The lowest BCUT2D eigenvalue weighted by atomic mass is 9.82. The van der Waals surface area contributed by atoms with E-state index in [0.29, 0.717) is 24.1 Å². The molecule has 0 radical (unpaired) electrons. The van der Waals surface area contributed by atoms with E-state index >= 15 is 0 Å². The maximum absolute atomic E-state index is 12.7. The highest BCUT2D eigenvalue weighted by Gasteiger charge is 2.34. The summed E-state index contributed by atoms with van der Waals surface area (Å²) in [4.78, 5) is 38.5. The van der Waals surface area contributed by atoms with Gasteiger partial charge in [0, 0.05) is 23.8 Å². The average molecular weight is 370 g/mol. The Kier molecular flexibility index (Phi) is 5.94. The standard InChI is InChI=1S/C21H26N2O4/c1-14-6-4-5-13-23(14)20(25)15-9-11-16(12-10-15)22-19(24)17-7-2-3-8-18(17)21(26)27/h2-3,9-12,14,17-18H,4-8,13H2,1H3,(H,22,24)(H,26,27)/t14-,17+,18-/m1/s1. The number of hydrogen-bond donors (Lipinski definition) is 2. The number of piperidine rings is 1. The van der Waals surface area contributed by atoms with Gasteiger partial charge in [-0.1, -0.05) is 12.2 Å². The van der Waals surface area contributed by atoms with Crippen LogP contribution in [0.4, 0.5) is 5.69 Å². The minimum atomic E-state index is -0.948. The third kappa shape index (κ3) is 4.38. The third-order valence-electron chi connectivity index (χ3n) is 5.55. The number of anilines is 1. The van der Waals surface area contributed by atoms with Gasteiger partial charge in [0.1, 0.15) is 0 Å². The zero-order valence-corrected chi connectivity index (χ0v) is 15.6. The van der Waals surface area contributed by atoms with Crippen LogP contribution >= 0.6 is 0 Å². The number of allylic oxidation sites excluding steroid dienone is 2. The molecule has 2 N–H and O–H groups in total. The van der Waals surface area contributed by atoms with Crippen LogP contribution < -0.4 is 5.32 Å². The summed E-state index contributed by atoms with van der Waals surface area (Å²) in [6, 6.07) is 7.09. The van der Waals surface area contributed by atoms with Crippen LogP contribution in [0.5, 0.6) is 0 Å². The molecule has 0 saturated carbocycles. The molecule has 0 aromatic heterocycles. The zero-order valence-electron chi connectivity index (χ0n) is 15.6. The Balaban J connectivity index is 1.65. The number of nitrogens with zero attached hydrogens (tertiary/aromatic N) is 1. The molecule has 1 saturated heterocycles. The van der Waals surface area contributed by atoms with Crippen molar-refractivity contribution in [2.24, 2.45) is 11.8 Å². The number of amides is 2. The molecule has 1 aliphatic heterocycles. The van der Waals surface area contributed by atoms with Crippen molar-refractivity contribution in [3.05, 3.63) is 42.0 Å². The molecule has 3 rings (SSSR count). The maximum Gasteiger partial charge on any atom is 0.307 e. The van der Waals surface area contributed by atoms with Crippen LogP contribution in [0.15, 0.2) is 36.4 Å². The number of aliphatic carboxylic acids is 1. The summed E-state index contributed by atoms with van der Waals surface area (Å²) in [7, 11) is 0. The number of carboxylic acid groups (broad SMARTS) is 1. The van der Waals surface area contributed by atoms with Crippen LogP contribution in [0.25, 0.3) is 0 Å². The number of carboxylic acids is 1. The molecule has 6 nitrogen and oxygen atoms in total. The van der Waals surface area contributed by atoms with Crippen LogP contribution in [-0.4, -0.2) is 40.4 Å². The largest absolute Gasteiger partial charge is 0.481 e. The zero-order chi connectivity index (χ0) is 19.4. The fourth-order valence-corrected chi connectivity index (χ4v) is 3.87. The van der Waals surface area contributed by atoms with Gasteiger partial charge in [0.15, 0.2) is 0 Å². The fourth-order valence-electron chi connectivity index (χ4n) is 3.87. The molecule has 1 aromatic carbocycles. The van der Waals surface area contributed by atoms with Gasteiger partial charge < -0.3 is 15.3 Å². The highest BCUT2D eigenvalue weighted by Crippen LogP contribution is 2.27. The number of hydrogen-bond acceptors (Lipinski definition) is 3.